The van der Waals surface area contributed by atoms with Gasteiger partial charge in [0.1, 0.15) is 5.01 Å². The average molecular weight is 376 g/mol. The molecule has 0 unspecified atom stereocenters. The van der Waals surface area contributed by atoms with Crippen LogP contribution in [0.25, 0.3) is 48.3 Å². The zero-order valence-electron chi connectivity index (χ0n) is 15.0. The van der Waals surface area contributed by atoms with Crippen molar-refractivity contribution in [3.05, 3.63) is 97.1 Å². The summed E-state index contributed by atoms with van der Waals surface area (Å²) in [6.45, 7) is 0. The van der Waals surface area contributed by atoms with Gasteiger partial charge in [-0.3, -0.25) is 0 Å². The first-order chi connectivity index (χ1) is 13.9. The van der Waals surface area contributed by atoms with E-state index in [1.165, 1.54) is 32.2 Å². The monoisotopic (exact) mass is 376 g/mol. The van der Waals surface area contributed by atoms with E-state index in [1.807, 2.05) is 6.07 Å². The zero-order chi connectivity index (χ0) is 18.5. The molecule has 132 valence electrons. The van der Waals surface area contributed by atoms with E-state index in [1.54, 1.807) is 11.3 Å². The van der Waals surface area contributed by atoms with Crippen LogP contribution in [0.2, 0.25) is 0 Å². The Morgan fingerprint density at radius 2 is 1.21 bits per heavy atom. The van der Waals surface area contributed by atoms with Crippen LogP contribution in [0.15, 0.2) is 97.1 Å². The molecule has 28 heavy (non-hydrogen) atoms. The van der Waals surface area contributed by atoms with Crippen molar-refractivity contribution in [2.45, 2.75) is 0 Å². The van der Waals surface area contributed by atoms with Crippen LogP contribution in [0.5, 0.6) is 0 Å². The van der Waals surface area contributed by atoms with Crippen LogP contribution in [-0.4, -0.2) is 9.55 Å². The van der Waals surface area contributed by atoms with E-state index in [0.717, 1.165) is 16.1 Å². The summed E-state index contributed by atoms with van der Waals surface area (Å²) in [5.74, 6) is 0. The number of rotatable bonds is 2. The quantitative estimate of drug-likeness (QED) is 0.316. The standard InChI is InChI=1S/C25H16N2S/c1-4-10-22-19(7-1)20-8-2-5-11-23(20)27(22)18-15-13-17(14-16-18)25-26-21-9-3-6-12-24(21)28-25/h1-16H. The van der Waals surface area contributed by atoms with Crippen molar-refractivity contribution in [2.24, 2.45) is 0 Å². The van der Waals surface area contributed by atoms with Gasteiger partial charge >= 0.3 is 0 Å². The molecule has 0 atom stereocenters. The topological polar surface area (TPSA) is 17.8 Å². The highest BCUT2D eigenvalue weighted by atomic mass is 32.1. The summed E-state index contributed by atoms with van der Waals surface area (Å²) < 4.78 is 3.57. The fraction of sp³-hybridized carbons (Fsp3) is 0. The Bertz CT molecular complexity index is 1370. The number of aromatic nitrogens is 2. The molecule has 6 rings (SSSR count). The first kappa shape index (κ1) is 15.6. The first-order valence-corrected chi connectivity index (χ1v) is 10.1. The van der Waals surface area contributed by atoms with E-state index in [2.05, 4.69) is 95.6 Å². The van der Waals surface area contributed by atoms with Crippen molar-refractivity contribution in [3.63, 3.8) is 0 Å². The Morgan fingerprint density at radius 3 is 1.89 bits per heavy atom. The maximum atomic E-state index is 4.79. The molecule has 2 aromatic heterocycles. The number of para-hydroxylation sites is 3. The predicted octanol–water partition coefficient (Wildman–Crippen LogP) is 7.06. The van der Waals surface area contributed by atoms with Crippen molar-refractivity contribution in [1.29, 1.82) is 0 Å². The second kappa shape index (κ2) is 6.04. The van der Waals surface area contributed by atoms with Crippen LogP contribution < -0.4 is 0 Å². The first-order valence-electron chi connectivity index (χ1n) is 9.33. The molecule has 0 saturated carbocycles. The molecule has 0 fully saturated rings. The summed E-state index contributed by atoms with van der Waals surface area (Å²) >= 11 is 1.74. The molecule has 0 spiro atoms. The molecular weight excluding hydrogens is 360 g/mol. The van der Waals surface area contributed by atoms with Gasteiger partial charge in [-0.05, 0) is 48.5 Å². The molecule has 0 aliphatic carbocycles. The summed E-state index contributed by atoms with van der Waals surface area (Å²) in [6, 6.07) is 34.2. The van der Waals surface area contributed by atoms with Crippen LogP contribution in [-0.2, 0) is 0 Å². The van der Waals surface area contributed by atoms with Crippen molar-refractivity contribution in [2.75, 3.05) is 0 Å². The van der Waals surface area contributed by atoms with Crippen LogP contribution >= 0.6 is 11.3 Å². The van der Waals surface area contributed by atoms with Crippen LogP contribution in [0, 0.1) is 0 Å². The molecule has 0 aliphatic heterocycles. The van der Waals surface area contributed by atoms with Crippen LogP contribution in [0.4, 0.5) is 0 Å². The molecule has 0 aliphatic rings. The van der Waals surface area contributed by atoms with Gasteiger partial charge in [0.2, 0.25) is 0 Å². The molecule has 6 aromatic rings. The van der Waals surface area contributed by atoms with Gasteiger partial charge in [0.15, 0.2) is 0 Å². The summed E-state index contributed by atoms with van der Waals surface area (Å²) in [4.78, 5) is 4.79. The SMILES string of the molecule is c1ccc2sc(-c3ccc(-n4c5ccccc5c5ccccc54)cc3)nc2c1. The van der Waals surface area contributed by atoms with Gasteiger partial charge in [0.25, 0.3) is 0 Å². The summed E-state index contributed by atoms with van der Waals surface area (Å²) in [7, 11) is 0. The summed E-state index contributed by atoms with van der Waals surface area (Å²) in [5, 5.41) is 3.64. The third-order valence-electron chi connectivity index (χ3n) is 5.25. The average Bonchev–Trinajstić information content (AvgIpc) is 3.33. The molecular formula is C25H16N2S. The van der Waals surface area contributed by atoms with Gasteiger partial charge in [-0.2, -0.15) is 0 Å². The zero-order valence-corrected chi connectivity index (χ0v) is 15.9. The van der Waals surface area contributed by atoms with Gasteiger partial charge < -0.3 is 4.57 Å². The van der Waals surface area contributed by atoms with E-state index in [0.29, 0.717) is 0 Å². The highest BCUT2D eigenvalue weighted by molar-refractivity contribution is 7.21. The van der Waals surface area contributed by atoms with Crippen molar-refractivity contribution >= 4 is 43.4 Å². The van der Waals surface area contributed by atoms with Crippen molar-refractivity contribution < 1.29 is 0 Å². The maximum Gasteiger partial charge on any atom is 0.124 e. The second-order valence-corrected chi connectivity index (χ2v) is 7.93. The Labute approximate surface area is 166 Å². The molecule has 0 amide bonds. The fourth-order valence-electron chi connectivity index (χ4n) is 3.95. The molecule has 2 heterocycles. The number of nitrogens with zero attached hydrogens (tertiary/aromatic N) is 2. The minimum atomic E-state index is 1.06. The van der Waals surface area contributed by atoms with Crippen LogP contribution in [0.1, 0.15) is 0 Å². The summed E-state index contributed by atoms with van der Waals surface area (Å²) in [6.07, 6.45) is 0. The minimum absolute atomic E-state index is 1.06. The fourth-order valence-corrected chi connectivity index (χ4v) is 4.92. The van der Waals surface area contributed by atoms with E-state index >= 15 is 0 Å². The van der Waals surface area contributed by atoms with Gasteiger partial charge in [0.05, 0.1) is 21.3 Å². The number of benzene rings is 4. The Hall–Kier alpha value is -3.43. The molecule has 3 heteroatoms. The molecule has 0 bridgehead atoms. The van der Waals surface area contributed by atoms with Gasteiger partial charge in [-0.25, -0.2) is 4.98 Å². The minimum Gasteiger partial charge on any atom is -0.309 e. The van der Waals surface area contributed by atoms with Gasteiger partial charge in [-0.1, -0.05) is 48.5 Å². The van der Waals surface area contributed by atoms with Crippen molar-refractivity contribution in [1.82, 2.24) is 9.55 Å². The molecule has 0 saturated heterocycles. The third kappa shape index (κ3) is 2.30. The van der Waals surface area contributed by atoms with E-state index < -0.39 is 0 Å². The number of fused-ring (bicyclic) bond motifs is 4. The normalized spacial score (nSPS) is 11.6. The lowest BCUT2D eigenvalue weighted by molar-refractivity contribution is 1.18. The number of thiazole rings is 1. The van der Waals surface area contributed by atoms with Crippen LogP contribution in [0.3, 0.4) is 0 Å². The highest BCUT2D eigenvalue weighted by Gasteiger charge is 2.12. The molecule has 0 N–H and O–H groups in total. The highest BCUT2D eigenvalue weighted by Crippen LogP contribution is 2.34. The Morgan fingerprint density at radius 1 is 0.607 bits per heavy atom. The third-order valence-corrected chi connectivity index (χ3v) is 6.33. The second-order valence-electron chi connectivity index (χ2n) is 6.90. The lowest BCUT2D eigenvalue weighted by Crippen LogP contribution is -1.93. The van der Waals surface area contributed by atoms with E-state index in [-0.39, 0.29) is 0 Å². The van der Waals surface area contributed by atoms with Crippen molar-refractivity contribution in [3.8, 4) is 16.3 Å². The van der Waals surface area contributed by atoms with Gasteiger partial charge in [-0.15, -0.1) is 11.3 Å². The predicted molar refractivity (Wildman–Crippen MR) is 119 cm³/mol. The van der Waals surface area contributed by atoms with E-state index in [9.17, 15) is 0 Å². The Balaban J connectivity index is 1.52. The number of hydrogen-bond donors (Lipinski definition) is 0. The lowest BCUT2D eigenvalue weighted by Gasteiger charge is -2.08. The molecule has 2 nitrogen and oxygen atoms in total. The Kier molecular flexibility index (Phi) is 3.37. The maximum absolute atomic E-state index is 4.79. The molecule has 0 radical (unpaired) electrons. The largest absolute Gasteiger partial charge is 0.309 e. The summed E-state index contributed by atoms with van der Waals surface area (Å²) in [5.41, 5.74) is 5.86. The smallest absolute Gasteiger partial charge is 0.124 e. The van der Waals surface area contributed by atoms with E-state index in [4.69, 9.17) is 4.98 Å². The molecule has 4 aromatic carbocycles. The number of hydrogen-bond acceptors (Lipinski definition) is 2. The lowest BCUT2D eigenvalue weighted by atomic mass is 10.2. The van der Waals surface area contributed by atoms with Gasteiger partial charge in [0, 0.05) is 22.0 Å².